The summed E-state index contributed by atoms with van der Waals surface area (Å²) < 4.78 is 16.0. The maximum absolute atomic E-state index is 14.2. The molecule has 1 aliphatic rings. The van der Waals surface area contributed by atoms with Crippen LogP contribution < -0.4 is 5.32 Å². The van der Waals surface area contributed by atoms with E-state index in [0.29, 0.717) is 5.82 Å². The van der Waals surface area contributed by atoms with Gasteiger partial charge in [0, 0.05) is 12.6 Å². The van der Waals surface area contributed by atoms with Crippen molar-refractivity contribution in [2.45, 2.75) is 19.0 Å². The van der Waals surface area contributed by atoms with Gasteiger partial charge >= 0.3 is 6.03 Å². The second-order valence-corrected chi connectivity index (χ2v) is 6.50. The summed E-state index contributed by atoms with van der Waals surface area (Å²) in [5, 5.41) is 2.62. The highest BCUT2D eigenvalue weighted by molar-refractivity contribution is 6.07. The molecule has 132 valence electrons. The van der Waals surface area contributed by atoms with Crippen molar-refractivity contribution in [3.05, 3.63) is 65.7 Å². The Morgan fingerprint density at radius 1 is 1.12 bits per heavy atom. The lowest BCUT2D eigenvalue weighted by atomic mass is 9.91. The first-order valence-electron chi connectivity index (χ1n) is 8.21. The fourth-order valence-electron chi connectivity index (χ4n) is 3.37. The lowest BCUT2D eigenvalue weighted by Gasteiger charge is -2.22. The number of benzene rings is 2. The number of carbonyl (C=O) groups excluding carboxylic acids is 2. The van der Waals surface area contributed by atoms with Gasteiger partial charge in [-0.1, -0.05) is 30.3 Å². The number of hydrogen-bond donors (Lipinski definition) is 1. The van der Waals surface area contributed by atoms with Gasteiger partial charge in [0.1, 0.15) is 17.2 Å². The van der Waals surface area contributed by atoms with E-state index in [9.17, 15) is 14.0 Å². The van der Waals surface area contributed by atoms with E-state index in [0.717, 1.165) is 15.9 Å². The summed E-state index contributed by atoms with van der Waals surface area (Å²) in [6.07, 6.45) is 0. The molecule has 0 spiro atoms. The van der Waals surface area contributed by atoms with E-state index in [1.807, 2.05) is 35.9 Å². The number of imidazole rings is 1. The van der Waals surface area contributed by atoms with Gasteiger partial charge in [0.25, 0.3) is 5.91 Å². The molecule has 1 saturated heterocycles. The van der Waals surface area contributed by atoms with Crippen molar-refractivity contribution in [1.82, 2.24) is 19.8 Å². The zero-order valence-corrected chi connectivity index (χ0v) is 14.4. The van der Waals surface area contributed by atoms with Gasteiger partial charge in [-0.05, 0) is 25.1 Å². The number of nitrogens with zero attached hydrogens (tertiary/aromatic N) is 3. The number of urea groups is 1. The molecule has 1 fully saturated rings. The molecular weight excluding hydrogens is 335 g/mol. The highest BCUT2D eigenvalue weighted by Gasteiger charge is 2.50. The molecule has 1 unspecified atom stereocenters. The molecule has 1 aliphatic heterocycles. The highest BCUT2D eigenvalue weighted by atomic mass is 19.1. The summed E-state index contributed by atoms with van der Waals surface area (Å²) in [5.41, 5.74) is 0.402. The molecule has 2 heterocycles. The number of imide groups is 1. The van der Waals surface area contributed by atoms with E-state index in [1.165, 1.54) is 19.1 Å². The second kappa shape index (κ2) is 5.66. The number of nitrogens with one attached hydrogen (secondary N) is 1. The molecule has 2 aromatic carbocycles. The Hall–Kier alpha value is -3.22. The molecule has 1 atom stereocenters. The van der Waals surface area contributed by atoms with Crippen LogP contribution in [0.5, 0.6) is 0 Å². The van der Waals surface area contributed by atoms with Crippen molar-refractivity contribution in [1.29, 1.82) is 0 Å². The quantitative estimate of drug-likeness (QED) is 0.737. The van der Waals surface area contributed by atoms with E-state index in [4.69, 9.17) is 0 Å². The predicted octanol–water partition coefficient (Wildman–Crippen LogP) is 2.68. The average Bonchev–Trinajstić information content (AvgIpc) is 3.05. The number of halogens is 1. The molecule has 0 aliphatic carbocycles. The Bertz CT molecular complexity index is 1040. The zero-order chi connectivity index (χ0) is 18.5. The van der Waals surface area contributed by atoms with Gasteiger partial charge in [-0.25, -0.2) is 14.2 Å². The molecule has 0 radical (unpaired) electrons. The van der Waals surface area contributed by atoms with E-state index in [2.05, 4.69) is 10.3 Å². The molecule has 1 N–H and O–H groups in total. The topological polar surface area (TPSA) is 67.2 Å². The highest BCUT2D eigenvalue weighted by Crippen LogP contribution is 2.31. The minimum Gasteiger partial charge on any atom is -0.330 e. The molecule has 0 saturated carbocycles. The number of aryl methyl sites for hydroxylation is 1. The first-order valence-corrected chi connectivity index (χ1v) is 8.21. The standard InChI is InChI=1S/C19H17FN4O2/c1-19(12-7-3-4-8-13(12)20)17(25)24(18(26)22-19)11-16-21-14-9-5-6-10-15(14)23(16)2/h3-10H,11H2,1-2H3,(H,22,26). The van der Waals surface area contributed by atoms with Crippen LogP contribution in [0, 0.1) is 5.82 Å². The number of aromatic nitrogens is 2. The van der Waals surface area contributed by atoms with Crippen molar-refractivity contribution in [3.8, 4) is 0 Å². The summed E-state index contributed by atoms with van der Waals surface area (Å²) in [5.74, 6) is -0.458. The van der Waals surface area contributed by atoms with Gasteiger partial charge in [-0.2, -0.15) is 0 Å². The van der Waals surface area contributed by atoms with E-state index in [-0.39, 0.29) is 12.1 Å². The third-order valence-electron chi connectivity index (χ3n) is 4.87. The molecule has 26 heavy (non-hydrogen) atoms. The summed E-state index contributed by atoms with van der Waals surface area (Å²) in [6.45, 7) is 1.53. The molecule has 3 amide bonds. The number of carbonyl (C=O) groups is 2. The van der Waals surface area contributed by atoms with Crippen LogP contribution in [0.25, 0.3) is 11.0 Å². The Balaban J connectivity index is 1.70. The summed E-state index contributed by atoms with van der Waals surface area (Å²) in [6, 6.07) is 13.0. The maximum Gasteiger partial charge on any atom is 0.325 e. The molecule has 4 rings (SSSR count). The first kappa shape index (κ1) is 16.3. The molecule has 6 nitrogen and oxygen atoms in total. The predicted molar refractivity (Wildman–Crippen MR) is 93.5 cm³/mol. The molecule has 7 heteroatoms. The Labute approximate surface area is 149 Å². The summed E-state index contributed by atoms with van der Waals surface area (Å²) >= 11 is 0. The van der Waals surface area contributed by atoms with Crippen LogP contribution in [-0.4, -0.2) is 26.4 Å². The van der Waals surface area contributed by atoms with Crippen LogP contribution in [0.3, 0.4) is 0 Å². The Morgan fingerprint density at radius 2 is 1.81 bits per heavy atom. The minimum atomic E-state index is -1.44. The van der Waals surface area contributed by atoms with Crippen molar-refractivity contribution in [2.24, 2.45) is 7.05 Å². The maximum atomic E-state index is 14.2. The van der Waals surface area contributed by atoms with E-state index in [1.54, 1.807) is 12.1 Å². The molecule has 3 aromatic rings. The van der Waals surface area contributed by atoms with Gasteiger partial charge in [0.2, 0.25) is 0 Å². The lowest BCUT2D eigenvalue weighted by molar-refractivity contribution is -0.131. The fourth-order valence-corrected chi connectivity index (χ4v) is 3.37. The first-order chi connectivity index (χ1) is 12.4. The van der Waals surface area contributed by atoms with Crippen molar-refractivity contribution < 1.29 is 14.0 Å². The van der Waals surface area contributed by atoms with Crippen molar-refractivity contribution in [3.63, 3.8) is 0 Å². The number of para-hydroxylation sites is 2. The van der Waals surface area contributed by atoms with Gasteiger partial charge in [0.15, 0.2) is 0 Å². The average molecular weight is 352 g/mol. The van der Waals surface area contributed by atoms with Crippen molar-refractivity contribution in [2.75, 3.05) is 0 Å². The molecule has 1 aromatic heterocycles. The normalized spacial score (nSPS) is 20.0. The van der Waals surface area contributed by atoms with Gasteiger partial charge in [0.05, 0.1) is 17.6 Å². The Kier molecular flexibility index (Phi) is 3.54. The van der Waals surface area contributed by atoms with E-state index < -0.39 is 23.3 Å². The largest absolute Gasteiger partial charge is 0.330 e. The molecular formula is C19H17FN4O2. The number of amides is 3. The smallest absolute Gasteiger partial charge is 0.325 e. The zero-order valence-electron chi connectivity index (χ0n) is 14.4. The third kappa shape index (κ3) is 2.28. The number of fused-ring (bicyclic) bond motifs is 1. The van der Waals surface area contributed by atoms with Crippen LogP contribution in [0.4, 0.5) is 9.18 Å². The second-order valence-electron chi connectivity index (χ2n) is 6.50. The van der Waals surface area contributed by atoms with Crippen molar-refractivity contribution >= 4 is 23.0 Å². The van der Waals surface area contributed by atoms with Crippen LogP contribution in [0.1, 0.15) is 18.3 Å². The third-order valence-corrected chi connectivity index (χ3v) is 4.87. The van der Waals surface area contributed by atoms with Crippen LogP contribution in [0.2, 0.25) is 0 Å². The summed E-state index contributed by atoms with van der Waals surface area (Å²) in [4.78, 5) is 31.0. The van der Waals surface area contributed by atoms with Crippen LogP contribution in [-0.2, 0) is 23.9 Å². The summed E-state index contributed by atoms with van der Waals surface area (Å²) in [7, 11) is 1.83. The van der Waals surface area contributed by atoms with E-state index >= 15 is 0 Å². The van der Waals surface area contributed by atoms with Gasteiger partial charge < -0.3 is 9.88 Å². The number of hydrogen-bond acceptors (Lipinski definition) is 3. The SMILES string of the molecule is Cn1c(CN2C(=O)NC(C)(c3ccccc3F)C2=O)nc2ccccc21. The molecule has 0 bridgehead atoms. The van der Waals surface area contributed by atoms with Crippen LogP contribution >= 0.6 is 0 Å². The number of rotatable bonds is 3. The van der Waals surface area contributed by atoms with Gasteiger partial charge in [-0.3, -0.25) is 9.69 Å². The van der Waals surface area contributed by atoms with Gasteiger partial charge in [-0.15, -0.1) is 0 Å². The minimum absolute atomic E-state index is 0.0138. The lowest BCUT2D eigenvalue weighted by Crippen LogP contribution is -2.41. The monoisotopic (exact) mass is 352 g/mol. The fraction of sp³-hybridized carbons (Fsp3) is 0.211. The van der Waals surface area contributed by atoms with Crippen LogP contribution in [0.15, 0.2) is 48.5 Å². The Morgan fingerprint density at radius 3 is 2.54 bits per heavy atom.